The summed E-state index contributed by atoms with van der Waals surface area (Å²) in [5.74, 6) is -7.10. The first kappa shape index (κ1) is 22.4. The molecule has 1 fully saturated rings. The summed E-state index contributed by atoms with van der Waals surface area (Å²) >= 11 is 0. The first-order valence-corrected chi connectivity index (χ1v) is 9.91. The lowest BCUT2D eigenvalue weighted by molar-refractivity contribution is 0.00132. The molecule has 162 valence electrons. The molecule has 7 heteroatoms. The molecule has 1 aliphatic heterocycles. The Labute approximate surface area is 171 Å². The van der Waals surface area contributed by atoms with Crippen molar-refractivity contribution < 1.29 is 31.1 Å². The summed E-state index contributed by atoms with van der Waals surface area (Å²) in [4.78, 5) is 0. The fourth-order valence-corrected chi connectivity index (χ4v) is 3.61. The first-order valence-electron chi connectivity index (χ1n) is 9.91. The third-order valence-corrected chi connectivity index (χ3v) is 5.34. The maximum absolute atomic E-state index is 14.6. The molecule has 3 rings (SSSR count). The molecule has 0 bridgehead atoms. The van der Waals surface area contributed by atoms with Gasteiger partial charge in [-0.3, -0.25) is 0 Å². The second-order valence-electron chi connectivity index (χ2n) is 7.45. The van der Waals surface area contributed by atoms with Crippen molar-refractivity contribution in [1.82, 2.24) is 0 Å². The molecule has 0 amide bonds. The van der Waals surface area contributed by atoms with Crippen LogP contribution in [0.25, 0.3) is 5.83 Å². The van der Waals surface area contributed by atoms with Gasteiger partial charge in [0.05, 0.1) is 12.7 Å². The van der Waals surface area contributed by atoms with Gasteiger partial charge >= 0.3 is 0 Å². The van der Waals surface area contributed by atoms with Gasteiger partial charge in [0.25, 0.3) is 0 Å². The summed E-state index contributed by atoms with van der Waals surface area (Å²) < 4.78 is 88.2. The number of rotatable bonds is 6. The van der Waals surface area contributed by atoms with E-state index in [1.165, 1.54) is 12.1 Å². The van der Waals surface area contributed by atoms with E-state index < -0.39 is 41.0 Å². The first-order chi connectivity index (χ1) is 14.3. The van der Waals surface area contributed by atoms with E-state index in [1.54, 1.807) is 0 Å². The van der Waals surface area contributed by atoms with Crippen molar-refractivity contribution in [3.63, 3.8) is 0 Å². The number of halogens is 6. The minimum absolute atomic E-state index is 0.0336. The maximum atomic E-state index is 14.6. The normalized spacial score (nSPS) is 20.2. The SMILES string of the molecule is CCCC/C(F)=C(\F)c1ccc(C2CCC(c3cc(F)c(F)c(F)c3)OC2)c(F)c1. The number of hydrogen-bond donors (Lipinski definition) is 0. The zero-order valence-electron chi connectivity index (χ0n) is 16.5. The molecule has 2 aromatic carbocycles. The Morgan fingerprint density at radius 1 is 0.967 bits per heavy atom. The smallest absolute Gasteiger partial charge is 0.194 e. The quantitative estimate of drug-likeness (QED) is 0.339. The molecule has 2 aromatic rings. The Balaban J connectivity index is 1.70. The van der Waals surface area contributed by atoms with Crippen molar-refractivity contribution in [1.29, 1.82) is 0 Å². The molecular weight excluding hydrogens is 406 g/mol. The minimum Gasteiger partial charge on any atom is -0.373 e. The van der Waals surface area contributed by atoms with Gasteiger partial charge in [-0.2, -0.15) is 0 Å². The highest BCUT2D eigenvalue weighted by molar-refractivity contribution is 5.61. The summed E-state index contributed by atoms with van der Waals surface area (Å²) in [6.45, 7) is 1.93. The predicted molar refractivity (Wildman–Crippen MR) is 102 cm³/mol. The van der Waals surface area contributed by atoms with Gasteiger partial charge in [0.1, 0.15) is 11.6 Å². The molecule has 1 saturated heterocycles. The van der Waals surface area contributed by atoms with Crippen LogP contribution < -0.4 is 0 Å². The van der Waals surface area contributed by atoms with Gasteiger partial charge in [-0.15, -0.1) is 0 Å². The van der Waals surface area contributed by atoms with Crippen LogP contribution in [-0.4, -0.2) is 6.61 Å². The summed E-state index contributed by atoms with van der Waals surface area (Å²) in [5, 5.41) is 0. The van der Waals surface area contributed by atoms with Crippen molar-refractivity contribution in [3.05, 3.63) is 76.1 Å². The van der Waals surface area contributed by atoms with Crippen LogP contribution in [0.1, 0.15) is 67.7 Å². The van der Waals surface area contributed by atoms with E-state index in [4.69, 9.17) is 4.74 Å². The maximum Gasteiger partial charge on any atom is 0.194 e. The lowest BCUT2D eigenvalue weighted by Crippen LogP contribution is -2.20. The van der Waals surface area contributed by atoms with Crippen molar-refractivity contribution in [3.8, 4) is 0 Å². The topological polar surface area (TPSA) is 9.23 Å². The Morgan fingerprint density at radius 3 is 2.23 bits per heavy atom. The molecule has 2 atom stereocenters. The van der Waals surface area contributed by atoms with E-state index in [9.17, 15) is 26.3 Å². The van der Waals surface area contributed by atoms with Crippen LogP contribution in [0, 0.1) is 23.3 Å². The van der Waals surface area contributed by atoms with Gasteiger partial charge in [0, 0.05) is 17.9 Å². The Bertz CT molecular complexity index is 908. The van der Waals surface area contributed by atoms with E-state index in [0.29, 0.717) is 31.2 Å². The summed E-state index contributed by atoms with van der Waals surface area (Å²) in [5.41, 5.74) is 0.322. The molecule has 1 heterocycles. The molecular formula is C23H22F6O. The van der Waals surface area contributed by atoms with E-state index in [-0.39, 0.29) is 30.1 Å². The molecule has 0 spiro atoms. The van der Waals surface area contributed by atoms with Gasteiger partial charge in [-0.05, 0) is 48.6 Å². The number of unbranched alkanes of at least 4 members (excludes halogenated alkanes) is 1. The van der Waals surface area contributed by atoms with Crippen LogP contribution in [0.15, 0.2) is 36.2 Å². The van der Waals surface area contributed by atoms with E-state index in [0.717, 1.165) is 18.2 Å². The zero-order valence-corrected chi connectivity index (χ0v) is 16.5. The molecule has 0 saturated carbocycles. The molecule has 30 heavy (non-hydrogen) atoms. The van der Waals surface area contributed by atoms with Crippen LogP contribution >= 0.6 is 0 Å². The van der Waals surface area contributed by atoms with E-state index in [2.05, 4.69) is 0 Å². The molecule has 0 aromatic heterocycles. The third kappa shape index (κ3) is 4.89. The van der Waals surface area contributed by atoms with Gasteiger partial charge in [0.15, 0.2) is 23.3 Å². The van der Waals surface area contributed by atoms with E-state index >= 15 is 0 Å². The van der Waals surface area contributed by atoms with Crippen LogP contribution in [0.2, 0.25) is 0 Å². The molecule has 0 N–H and O–H groups in total. The molecule has 0 aliphatic carbocycles. The lowest BCUT2D eigenvalue weighted by Gasteiger charge is -2.30. The van der Waals surface area contributed by atoms with Crippen LogP contribution in [0.4, 0.5) is 26.3 Å². The van der Waals surface area contributed by atoms with Gasteiger partial charge in [-0.25, -0.2) is 26.3 Å². The second kappa shape index (κ2) is 9.69. The summed E-state index contributed by atoms with van der Waals surface area (Å²) in [7, 11) is 0. The van der Waals surface area contributed by atoms with Crippen LogP contribution in [0.3, 0.4) is 0 Å². The van der Waals surface area contributed by atoms with Crippen molar-refractivity contribution in [2.45, 2.75) is 51.0 Å². The lowest BCUT2D eigenvalue weighted by atomic mass is 9.88. The van der Waals surface area contributed by atoms with Gasteiger partial charge < -0.3 is 4.74 Å². The Kier molecular flexibility index (Phi) is 7.23. The number of allylic oxidation sites excluding steroid dienone is 1. The van der Waals surface area contributed by atoms with Crippen LogP contribution in [0.5, 0.6) is 0 Å². The fourth-order valence-electron chi connectivity index (χ4n) is 3.61. The second-order valence-corrected chi connectivity index (χ2v) is 7.45. The standard InChI is InChI=1S/C23H22F6O/c1-2-3-4-17(24)22(28)13-5-7-16(18(25)9-13)14-6-8-21(30-12-14)15-10-19(26)23(29)20(27)11-15/h5,7,9-11,14,21H,2-4,6,8,12H2,1H3/b22-17+. The average Bonchev–Trinajstić information content (AvgIpc) is 2.75. The van der Waals surface area contributed by atoms with E-state index in [1.807, 2.05) is 6.92 Å². The fraction of sp³-hybridized carbons (Fsp3) is 0.391. The molecule has 0 radical (unpaired) electrons. The van der Waals surface area contributed by atoms with Crippen molar-refractivity contribution in [2.75, 3.05) is 6.61 Å². The highest BCUT2D eigenvalue weighted by Crippen LogP contribution is 2.38. The average molecular weight is 428 g/mol. The highest BCUT2D eigenvalue weighted by atomic mass is 19.2. The molecule has 2 unspecified atom stereocenters. The molecule has 1 nitrogen and oxygen atoms in total. The monoisotopic (exact) mass is 428 g/mol. The third-order valence-electron chi connectivity index (χ3n) is 5.34. The highest BCUT2D eigenvalue weighted by Gasteiger charge is 2.27. The Morgan fingerprint density at radius 2 is 1.67 bits per heavy atom. The summed E-state index contributed by atoms with van der Waals surface area (Å²) in [6, 6.07) is 5.48. The number of benzene rings is 2. The predicted octanol–water partition coefficient (Wildman–Crippen LogP) is 7.68. The van der Waals surface area contributed by atoms with Gasteiger partial charge in [-0.1, -0.05) is 25.5 Å². The molecule has 1 aliphatic rings. The number of ether oxygens (including phenoxy) is 1. The minimum atomic E-state index is -1.54. The summed E-state index contributed by atoms with van der Waals surface area (Å²) in [6.07, 6.45) is 1.34. The number of hydrogen-bond acceptors (Lipinski definition) is 1. The zero-order chi connectivity index (χ0) is 21.8. The van der Waals surface area contributed by atoms with Crippen molar-refractivity contribution >= 4 is 5.83 Å². The van der Waals surface area contributed by atoms with Gasteiger partial charge in [0.2, 0.25) is 0 Å². The van der Waals surface area contributed by atoms with Crippen molar-refractivity contribution in [2.24, 2.45) is 0 Å². The Hall–Kier alpha value is -2.28. The largest absolute Gasteiger partial charge is 0.373 e. The van der Waals surface area contributed by atoms with Crippen LogP contribution in [-0.2, 0) is 4.74 Å².